The van der Waals surface area contributed by atoms with Crippen LogP contribution < -0.4 is 5.32 Å². The molecule has 0 unspecified atom stereocenters. The summed E-state index contributed by atoms with van der Waals surface area (Å²) in [6.45, 7) is 4.96. The van der Waals surface area contributed by atoms with Gasteiger partial charge in [-0.15, -0.1) is 5.10 Å². The van der Waals surface area contributed by atoms with Crippen LogP contribution in [0, 0.1) is 6.92 Å². The minimum Gasteiger partial charge on any atom is -0.335 e. The highest BCUT2D eigenvalue weighted by Crippen LogP contribution is 2.20. The fourth-order valence-corrected chi connectivity index (χ4v) is 2.74. The second-order valence-corrected chi connectivity index (χ2v) is 5.65. The number of nitrogens with one attached hydrogen (secondary N) is 1. The minimum atomic E-state index is -0.127. The number of rotatable bonds is 2. The predicted molar refractivity (Wildman–Crippen MR) is 84.5 cm³/mol. The van der Waals surface area contributed by atoms with E-state index in [0.717, 1.165) is 31.7 Å². The molecule has 1 fully saturated rings. The largest absolute Gasteiger partial charge is 0.335 e. The van der Waals surface area contributed by atoms with Gasteiger partial charge in [-0.05, 0) is 32.0 Å². The lowest BCUT2D eigenvalue weighted by Gasteiger charge is -2.17. The summed E-state index contributed by atoms with van der Waals surface area (Å²) in [5.74, 6) is 0.737. The number of hydrogen-bond acceptors (Lipinski definition) is 4. The van der Waals surface area contributed by atoms with Crippen LogP contribution in [0.3, 0.4) is 0 Å². The highest BCUT2D eigenvalue weighted by molar-refractivity contribution is 6.32. The van der Waals surface area contributed by atoms with Crippen LogP contribution in [0.1, 0.15) is 22.9 Å². The van der Waals surface area contributed by atoms with Crippen molar-refractivity contribution in [1.82, 2.24) is 25.0 Å². The number of hydrogen-bond donors (Lipinski definition) is 1. The van der Waals surface area contributed by atoms with Crippen LogP contribution in [0.15, 0.2) is 24.3 Å². The first-order valence-electron chi connectivity index (χ1n) is 7.35. The molecule has 0 bridgehead atoms. The summed E-state index contributed by atoms with van der Waals surface area (Å²) >= 11 is 6.20. The van der Waals surface area contributed by atoms with Crippen LogP contribution in [-0.4, -0.2) is 51.8 Å². The number of aryl methyl sites for hydroxylation is 1. The summed E-state index contributed by atoms with van der Waals surface area (Å²) in [4.78, 5) is 18.7. The Balaban J connectivity index is 1.88. The molecule has 1 saturated heterocycles. The zero-order valence-corrected chi connectivity index (χ0v) is 13.2. The van der Waals surface area contributed by atoms with Gasteiger partial charge < -0.3 is 10.2 Å². The SMILES string of the molecule is Cc1nc(C(=O)N2CCCNCC2)nn1-c1ccccc1Cl. The van der Waals surface area contributed by atoms with E-state index in [4.69, 9.17) is 11.6 Å². The Kier molecular flexibility index (Phi) is 4.40. The molecule has 0 radical (unpaired) electrons. The third-order valence-corrected chi connectivity index (χ3v) is 3.99. The molecule has 2 aromatic rings. The second kappa shape index (κ2) is 6.46. The van der Waals surface area contributed by atoms with Crippen molar-refractivity contribution >= 4 is 17.5 Å². The molecule has 0 spiro atoms. The van der Waals surface area contributed by atoms with Gasteiger partial charge in [0.2, 0.25) is 5.82 Å². The van der Waals surface area contributed by atoms with Crippen molar-refractivity contribution in [3.8, 4) is 5.69 Å². The van der Waals surface area contributed by atoms with E-state index in [1.807, 2.05) is 25.1 Å². The number of para-hydroxylation sites is 1. The van der Waals surface area contributed by atoms with Crippen molar-refractivity contribution in [1.29, 1.82) is 0 Å². The molecule has 6 nitrogen and oxygen atoms in total. The topological polar surface area (TPSA) is 63.1 Å². The number of amides is 1. The molecule has 0 aliphatic carbocycles. The summed E-state index contributed by atoms with van der Waals surface area (Å²) < 4.78 is 1.62. The van der Waals surface area contributed by atoms with Crippen LogP contribution in [0.5, 0.6) is 0 Å². The molecule has 1 amide bonds. The van der Waals surface area contributed by atoms with Gasteiger partial charge in [0.25, 0.3) is 5.91 Å². The van der Waals surface area contributed by atoms with Crippen LogP contribution in [0.2, 0.25) is 5.02 Å². The zero-order chi connectivity index (χ0) is 15.5. The number of aromatic nitrogens is 3. The summed E-state index contributed by atoms with van der Waals surface area (Å²) in [5.41, 5.74) is 0.728. The summed E-state index contributed by atoms with van der Waals surface area (Å²) in [6.07, 6.45) is 0.940. The second-order valence-electron chi connectivity index (χ2n) is 5.24. The normalized spacial score (nSPS) is 15.6. The van der Waals surface area contributed by atoms with Gasteiger partial charge in [-0.3, -0.25) is 4.79 Å². The molecule has 1 aliphatic rings. The lowest BCUT2D eigenvalue weighted by atomic mass is 10.3. The minimum absolute atomic E-state index is 0.127. The highest BCUT2D eigenvalue weighted by atomic mass is 35.5. The Morgan fingerprint density at radius 2 is 2.09 bits per heavy atom. The van der Waals surface area contributed by atoms with Gasteiger partial charge in [-0.1, -0.05) is 23.7 Å². The van der Waals surface area contributed by atoms with E-state index in [9.17, 15) is 4.79 Å². The molecule has 0 atom stereocenters. The Morgan fingerprint density at radius 3 is 2.91 bits per heavy atom. The lowest BCUT2D eigenvalue weighted by molar-refractivity contribution is 0.0754. The van der Waals surface area contributed by atoms with E-state index in [-0.39, 0.29) is 11.7 Å². The number of carbonyl (C=O) groups excluding carboxylic acids is 1. The van der Waals surface area contributed by atoms with Crippen molar-refractivity contribution in [3.63, 3.8) is 0 Å². The van der Waals surface area contributed by atoms with E-state index in [0.29, 0.717) is 17.4 Å². The zero-order valence-electron chi connectivity index (χ0n) is 12.4. The molecular formula is C15H18ClN5O. The molecule has 116 valence electrons. The van der Waals surface area contributed by atoms with Crippen molar-refractivity contribution in [3.05, 3.63) is 40.9 Å². The van der Waals surface area contributed by atoms with Gasteiger partial charge in [0.05, 0.1) is 10.7 Å². The van der Waals surface area contributed by atoms with E-state index in [1.54, 1.807) is 15.6 Å². The Hall–Kier alpha value is -1.92. The third kappa shape index (κ3) is 2.98. The van der Waals surface area contributed by atoms with Crippen molar-refractivity contribution < 1.29 is 4.79 Å². The van der Waals surface area contributed by atoms with E-state index in [1.165, 1.54) is 0 Å². The summed E-state index contributed by atoms with van der Waals surface area (Å²) in [6, 6.07) is 7.38. The van der Waals surface area contributed by atoms with Gasteiger partial charge >= 0.3 is 0 Å². The molecular weight excluding hydrogens is 302 g/mol. The molecule has 1 aliphatic heterocycles. The average molecular weight is 320 g/mol. The number of halogens is 1. The first-order valence-corrected chi connectivity index (χ1v) is 7.73. The molecule has 0 saturated carbocycles. The molecule has 3 rings (SSSR count). The van der Waals surface area contributed by atoms with Crippen LogP contribution in [-0.2, 0) is 0 Å². The molecule has 22 heavy (non-hydrogen) atoms. The van der Waals surface area contributed by atoms with Crippen LogP contribution in [0.4, 0.5) is 0 Å². The summed E-state index contributed by atoms with van der Waals surface area (Å²) in [7, 11) is 0. The van der Waals surface area contributed by atoms with Gasteiger partial charge in [0.15, 0.2) is 0 Å². The van der Waals surface area contributed by atoms with E-state index >= 15 is 0 Å². The van der Waals surface area contributed by atoms with Gasteiger partial charge in [0.1, 0.15) is 5.82 Å². The monoisotopic (exact) mass is 319 g/mol. The van der Waals surface area contributed by atoms with Crippen LogP contribution >= 0.6 is 11.6 Å². The highest BCUT2D eigenvalue weighted by Gasteiger charge is 2.22. The standard InChI is InChI=1S/C15H18ClN5O/c1-11-18-14(15(22)20-9-4-7-17-8-10-20)19-21(11)13-6-3-2-5-12(13)16/h2-3,5-6,17H,4,7-10H2,1H3. The fraction of sp³-hybridized carbons (Fsp3) is 0.400. The Morgan fingerprint density at radius 1 is 1.27 bits per heavy atom. The predicted octanol–water partition coefficient (Wildman–Crippen LogP) is 1.66. The lowest BCUT2D eigenvalue weighted by Crippen LogP contribution is -2.34. The Bertz CT molecular complexity index is 676. The maximum Gasteiger partial charge on any atom is 0.293 e. The average Bonchev–Trinajstić information content (AvgIpc) is 2.74. The van der Waals surface area contributed by atoms with Crippen LogP contribution in [0.25, 0.3) is 5.69 Å². The maximum atomic E-state index is 12.6. The molecule has 1 aromatic heterocycles. The molecule has 2 heterocycles. The third-order valence-electron chi connectivity index (χ3n) is 3.67. The molecule has 1 aromatic carbocycles. The van der Waals surface area contributed by atoms with Gasteiger partial charge in [-0.25, -0.2) is 9.67 Å². The number of nitrogens with zero attached hydrogens (tertiary/aromatic N) is 4. The maximum absolute atomic E-state index is 12.6. The van der Waals surface area contributed by atoms with E-state index in [2.05, 4.69) is 15.4 Å². The first kappa shape index (κ1) is 15.0. The number of carbonyl (C=O) groups is 1. The quantitative estimate of drug-likeness (QED) is 0.914. The molecule has 1 N–H and O–H groups in total. The first-order chi connectivity index (χ1) is 10.7. The molecule has 7 heteroatoms. The summed E-state index contributed by atoms with van der Waals surface area (Å²) in [5, 5.41) is 8.21. The van der Waals surface area contributed by atoms with Crippen molar-refractivity contribution in [2.24, 2.45) is 0 Å². The van der Waals surface area contributed by atoms with E-state index < -0.39 is 0 Å². The number of benzene rings is 1. The van der Waals surface area contributed by atoms with Crippen molar-refractivity contribution in [2.75, 3.05) is 26.2 Å². The Labute approximate surface area is 134 Å². The van der Waals surface area contributed by atoms with Crippen molar-refractivity contribution in [2.45, 2.75) is 13.3 Å². The smallest absolute Gasteiger partial charge is 0.293 e. The van der Waals surface area contributed by atoms with Gasteiger partial charge in [-0.2, -0.15) is 0 Å². The van der Waals surface area contributed by atoms with Gasteiger partial charge in [0, 0.05) is 19.6 Å². The fourth-order valence-electron chi connectivity index (χ4n) is 2.52.